The fraction of sp³-hybridized carbons (Fsp3) is 0.120. The zero-order valence-electron chi connectivity index (χ0n) is 19.5. The predicted molar refractivity (Wildman–Crippen MR) is 138 cm³/mol. The molecule has 0 radical (unpaired) electrons. The number of aromatic nitrogens is 5. The standard InChI is InChI=1S/C25H22N8O2S/c1-15-10-12-18(13-11-15)36-14-21-22(28-32-33(21)24-23(26)30-35-31-24)25(34)29-27-16(2)19-9-5-7-17-6-3-4-8-20(17)19/h3-13H,14H2,1-2H3,(H2,26,30)(H,29,34)/b27-16-. The molecule has 0 fully saturated rings. The Morgan fingerprint density at radius 1 is 1.08 bits per heavy atom. The number of hydrogen-bond acceptors (Lipinski definition) is 9. The maximum Gasteiger partial charge on any atom is 0.293 e. The Kier molecular flexibility index (Phi) is 6.46. The number of nitrogens with zero attached hydrogens (tertiary/aromatic N) is 6. The highest BCUT2D eigenvalue weighted by Gasteiger charge is 2.24. The number of anilines is 1. The molecule has 2 heterocycles. The average molecular weight is 499 g/mol. The summed E-state index contributed by atoms with van der Waals surface area (Å²) in [7, 11) is 0. The largest absolute Gasteiger partial charge is 0.378 e. The van der Waals surface area contributed by atoms with Gasteiger partial charge in [0, 0.05) is 16.2 Å². The maximum atomic E-state index is 13.2. The van der Waals surface area contributed by atoms with Gasteiger partial charge < -0.3 is 5.73 Å². The summed E-state index contributed by atoms with van der Waals surface area (Å²) in [5.41, 5.74) is 11.8. The minimum atomic E-state index is -0.504. The number of benzene rings is 3. The van der Waals surface area contributed by atoms with Crippen molar-refractivity contribution in [2.75, 3.05) is 5.73 Å². The molecule has 0 atom stereocenters. The monoisotopic (exact) mass is 498 g/mol. The van der Waals surface area contributed by atoms with Crippen LogP contribution < -0.4 is 11.2 Å². The Morgan fingerprint density at radius 3 is 2.64 bits per heavy atom. The zero-order chi connectivity index (χ0) is 25.1. The summed E-state index contributed by atoms with van der Waals surface area (Å²) < 4.78 is 6.08. The number of carbonyl (C=O) groups excluding carboxylic acids is 1. The van der Waals surface area contributed by atoms with Crippen LogP contribution in [0.25, 0.3) is 16.6 Å². The molecule has 0 bridgehead atoms. The van der Waals surface area contributed by atoms with E-state index in [9.17, 15) is 4.79 Å². The SMILES string of the molecule is C/C(=N/NC(=O)c1nnn(-c2nonc2N)c1CSc1ccc(C)cc1)c1cccc2ccccc12. The topological polar surface area (TPSA) is 137 Å². The summed E-state index contributed by atoms with van der Waals surface area (Å²) in [4.78, 5) is 14.2. The van der Waals surface area contributed by atoms with E-state index in [0.29, 0.717) is 17.2 Å². The Labute approximate surface area is 210 Å². The van der Waals surface area contributed by atoms with Gasteiger partial charge in [0.15, 0.2) is 5.69 Å². The number of nitrogens with one attached hydrogen (secondary N) is 1. The van der Waals surface area contributed by atoms with Crippen molar-refractivity contribution >= 4 is 40.0 Å². The average Bonchev–Trinajstić information content (AvgIpc) is 3.52. The quantitative estimate of drug-likeness (QED) is 0.194. The van der Waals surface area contributed by atoms with Crippen LogP contribution in [0, 0.1) is 6.92 Å². The first-order valence-corrected chi connectivity index (χ1v) is 12.0. The maximum absolute atomic E-state index is 13.2. The summed E-state index contributed by atoms with van der Waals surface area (Å²) in [6.45, 7) is 3.87. The fourth-order valence-corrected chi connectivity index (χ4v) is 4.58. The number of aryl methyl sites for hydroxylation is 1. The molecule has 0 aliphatic rings. The van der Waals surface area contributed by atoms with E-state index >= 15 is 0 Å². The van der Waals surface area contributed by atoms with Crippen molar-refractivity contribution in [3.63, 3.8) is 0 Å². The molecule has 180 valence electrons. The first-order chi connectivity index (χ1) is 17.5. The van der Waals surface area contributed by atoms with Crippen LogP contribution in [0.4, 0.5) is 5.82 Å². The van der Waals surface area contributed by atoms with E-state index in [2.05, 4.69) is 31.2 Å². The van der Waals surface area contributed by atoms with Crippen LogP contribution in [-0.2, 0) is 5.75 Å². The number of amides is 1. The third kappa shape index (κ3) is 4.68. The molecule has 0 aliphatic carbocycles. The Balaban J connectivity index is 1.43. The van der Waals surface area contributed by atoms with Crippen molar-refractivity contribution in [3.05, 3.63) is 89.2 Å². The van der Waals surface area contributed by atoms with Gasteiger partial charge in [0.1, 0.15) is 0 Å². The first kappa shape index (κ1) is 23.2. The van der Waals surface area contributed by atoms with Gasteiger partial charge in [0.05, 0.1) is 11.4 Å². The summed E-state index contributed by atoms with van der Waals surface area (Å²) in [6, 6.07) is 22.0. The second-order valence-corrected chi connectivity index (χ2v) is 9.08. The van der Waals surface area contributed by atoms with Crippen LogP contribution in [0.3, 0.4) is 0 Å². The van der Waals surface area contributed by atoms with E-state index in [4.69, 9.17) is 10.4 Å². The highest BCUT2D eigenvalue weighted by molar-refractivity contribution is 7.98. The van der Waals surface area contributed by atoms with E-state index in [1.807, 2.05) is 80.6 Å². The molecule has 10 nitrogen and oxygen atoms in total. The summed E-state index contributed by atoms with van der Waals surface area (Å²) in [6.07, 6.45) is 0. The lowest BCUT2D eigenvalue weighted by molar-refractivity contribution is 0.0949. The lowest BCUT2D eigenvalue weighted by Gasteiger charge is -2.08. The Hall–Kier alpha value is -4.51. The molecule has 36 heavy (non-hydrogen) atoms. The lowest BCUT2D eigenvalue weighted by atomic mass is 10.0. The molecule has 5 rings (SSSR count). The van der Waals surface area contributed by atoms with Crippen molar-refractivity contribution in [1.82, 2.24) is 30.7 Å². The van der Waals surface area contributed by atoms with Crippen molar-refractivity contribution in [2.45, 2.75) is 24.5 Å². The molecule has 0 saturated carbocycles. The van der Waals surface area contributed by atoms with Gasteiger partial charge in [-0.3, -0.25) is 4.79 Å². The number of thioether (sulfide) groups is 1. The smallest absolute Gasteiger partial charge is 0.293 e. The minimum absolute atomic E-state index is 0.0401. The van der Waals surface area contributed by atoms with Crippen LogP contribution in [0.1, 0.15) is 34.2 Å². The van der Waals surface area contributed by atoms with Gasteiger partial charge >= 0.3 is 0 Å². The normalized spacial score (nSPS) is 11.7. The molecule has 11 heteroatoms. The molecule has 3 aromatic carbocycles. The number of rotatable bonds is 7. The second kappa shape index (κ2) is 10.0. The number of nitrogens with two attached hydrogens (primary N) is 1. The molecule has 2 aromatic heterocycles. The van der Waals surface area contributed by atoms with E-state index < -0.39 is 5.91 Å². The van der Waals surface area contributed by atoms with Crippen molar-refractivity contribution in [2.24, 2.45) is 5.10 Å². The molecule has 5 aromatic rings. The zero-order valence-corrected chi connectivity index (χ0v) is 20.4. The van der Waals surface area contributed by atoms with Gasteiger partial charge in [-0.1, -0.05) is 65.4 Å². The van der Waals surface area contributed by atoms with Gasteiger partial charge in [0.25, 0.3) is 5.91 Å². The molecule has 3 N–H and O–H groups in total. The molecule has 0 unspecified atom stereocenters. The number of carbonyl (C=O) groups is 1. The van der Waals surface area contributed by atoms with Crippen LogP contribution >= 0.6 is 11.8 Å². The number of fused-ring (bicyclic) bond motifs is 1. The van der Waals surface area contributed by atoms with E-state index in [-0.39, 0.29) is 17.3 Å². The van der Waals surface area contributed by atoms with Crippen molar-refractivity contribution < 1.29 is 9.42 Å². The third-order valence-corrected chi connectivity index (χ3v) is 6.60. The Bertz CT molecular complexity index is 1570. The second-order valence-electron chi connectivity index (χ2n) is 8.04. The van der Waals surface area contributed by atoms with Crippen LogP contribution in [0.2, 0.25) is 0 Å². The molecule has 0 aliphatic heterocycles. The predicted octanol–water partition coefficient (Wildman–Crippen LogP) is 4.14. The van der Waals surface area contributed by atoms with Crippen molar-refractivity contribution in [3.8, 4) is 5.82 Å². The first-order valence-electron chi connectivity index (χ1n) is 11.1. The minimum Gasteiger partial charge on any atom is -0.378 e. The van der Waals surface area contributed by atoms with Gasteiger partial charge in [0.2, 0.25) is 11.6 Å². The highest BCUT2D eigenvalue weighted by Crippen LogP contribution is 2.26. The number of hydrogen-bond donors (Lipinski definition) is 2. The number of hydrazone groups is 1. The fourth-order valence-electron chi connectivity index (χ4n) is 3.69. The number of nitrogen functional groups attached to an aromatic ring is 1. The molecule has 0 spiro atoms. The molecule has 0 saturated heterocycles. The van der Waals surface area contributed by atoms with E-state index in [1.165, 1.54) is 16.4 Å². The van der Waals surface area contributed by atoms with Crippen LogP contribution in [0.5, 0.6) is 0 Å². The van der Waals surface area contributed by atoms with Crippen LogP contribution in [0.15, 0.2) is 81.4 Å². The van der Waals surface area contributed by atoms with Crippen LogP contribution in [-0.4, -0.2) is 36.9 Å². The summed E-state index contributed by atoms with van der Waals surface area (Å²) in [5.74, 6) is 0.0713. The van der Waals surface area contributed by atoms with Gasteiger partial charge in [-0.15, -0.1) is 16.9 Å². The highest BCUT2D eigenvalue weighted by atomic mass is 32.2. The summed E-state index contributed by atoms with van der Waals surface area (Å²) >= 11 is 1.52. The van der Waals surface area contributed by atoms with Gasteiger partial charge in [-0.2, -0.15) is 9.78 Å². The van der Waals surface area contributed by atoms with E-state index in [1.54, 1.807) is 0 Å². The van der Waals surface area contributed by atoms with E-state index in [0.717, 1.165) is 26.8 Å². The lowest BCUT2D eigenvalue weighted by Crippen LogP contribution is -2.21. The van der Waals surface area contributed by atoms with Gasteiger partial charge in [-0.25, -0.2) is 10.1 Å². The summed E-state index contributed by atoms with van der Waals surface area (Å²) in [5, 5.41) is 22.1. The Morgan fingerprint density at radius 2 is 1.86 bits per heavy atom. The molecular weight excluding hydrogens is 476 g/mol. The van der Waals surface area contributed by atoms with Crippen molar-refractivity contribution in [1.29, 1.82) is 0 Å². The third-order valence-electron chi connectivity index (χ3n) is 5.58. The van der Waals surface area contributed by atoms with Gasteiger partial charge in [-0.05, 0) is 47.1 Å². The molecular formula is C25H22N8O2S. The molecule has 1 amide bonds.